The molecule has 0 bridgehead atoms. The van der Waals surface area contributed by atoms with Crippen molar-refractivity contribution >= 4 is 17.4 Å². The third-order valence-corrected chi connectivity index (χ3v) is 3.08. The molecule has 0 fully saturated rings. The number of rotatable bonds is 4. The molecule has 1 aromatic heterocycles. The van der Waals surface area contributed by atoms with E-state index in [1.807, 2.05) is 31.2 Å². The number of hydrogen-bond acceptors (Lipinski definition) is 3. The van der Waals surface area contributed by atoms with Gasteiger partial charge in [-0.25, -0.2) is 14.4 Å². The van der Waals surface area contributed by atoms with E-state index < -0.39 is 5.82 Å². The van der Waals surface area contributed by atoms with Gasteiger partial charge in [-0.2, -0.15) is 0 Å². The second-order valence-corrected chi connectivity index (χ2v) is 4.59. The molecule has 100 valence electrons. The highest BCUT2D eigenvalue weighted by Gasteiger charge is 2.12. The van der Waals surface area contributed by atoms with Crippen molar-refractivity contribution < 1.29 is 4.39 Å². The van der Waals surface area contributed by atoms with E-state index in [4.69, 9.17) is 11.6 Å². The van der Waals surface area contributed by atoms with Gasteiger partial charge in [0.15, 0.2) is 11.6 Å². The third kappa shape index (κ3) is 3.20. The fourth-order valence-corrected chi connectivity index (χ4v) is 2.00. The van der Waals surface area contributed by atoms with Gasteiger partial charge in [-0.1, -0.05) is 29.8 Å². The first-order valence-corrected chi connectivity index (χ1v) is 6.50. The number of anilines is 1. The minimum Gasteiger partial charge on any atom is -0.368 e. The summed E-state index contributed by atoms with van der Waals surface area (Å²) in [7, 11) is 0. The van der Waals surface area contributed by atoms with Gasteiger partial charge in [0.05, 0.1) is 5.69 Å². The van der Waals surface area contributed by atoms with E-state index >= 15 is 0 Å². The number of nitrogens with one attached hydrogen (secondary N) is 1. The average molecular weight is 280 g/mol. The molecule has 0 radical (unpaired) electrons. The van der Waals surface area contributed by atoms with Gasteiger partial charge >= 0.3 is 0 Å². The first-order chi connectivity index (χ1) is 9.11. The number of nitrogens with zero attached hydrogens (tertiary/aromatic N) is 2. The normalized spacial score (nSPS) is 10.5. The zero-order valence-electron chi connectivity index (χ0n) is 10.9. The SMILES string of the molecule is CCNc1nc(Cc2ccccc2Cl)nc(C)c1F. The minimum absolute atomic E-state index is 0.247. The Bertz CT molecular complexity index is 587. The van der Waals surface area contributed by atoms with Gasteiger partial charge in [-0.15, -0.1) is 0 Å². The van der Waals surface area contributed by atoms with Crippen molar-refractivity contribution in [3.63, 3.8) is 0 Å². The maximum Gasteiger partial charge on any atom is 0.186 e. The number of halogens is 2. The lowest BCUT2D eigenvalue weighted by atomic mass is 10.1. The molecular weight excluding hydrogens is 265 g/mol. The van der Waals surface area contributed by atoms with Gasteiger partial charge in [0, 0.05) is 18.0 Å². The molecular formula is C14H15ClFN3. The molecule has 0 amide bonds. The quantitative estimate of drug-likeness (QED) is 0.929. The zero-order chi connectivity index (χ0) is 13.8. The van der Waals surface area contributed by atoms with Crippen molar-refractivity contribution in [3.8, 4) is 0 Å². The van der Waals surface area contributed by atoms with Gasteiger partial charge in [0.2, 0.25) is 0 Å². The fraction of sp³-hybridized carbons (Fsp3) is 0.286. The lowest BCUT2D eigenvalue weighted by molar-refractivity contribution is 0.601. The van der Waals surface area contributed by atoms with Crippen LogP contribution in [0.25, 0.3) is 0 Å². The van der Waals surface area contributed by atoms with Crippen molar-refractivity contribution in [3.05, 3.63) is 52.2 Å². The Balaban J connectivity index is 2.33. The summed E-state index contributed by atoms with van der Waals surface area (Å²) in [5, 5.41) is 3.56. The summed E-state index contributed by atoms with van der Waals surface area (Å²) >= 11 is 6.10. The first-order valence-electron chi connectivity index (χ1n) is 6.12. The highest BCUT2D eigenvalue weighted by atomic mass is 35.5. The van der Waals surface area contributed by atoms with Crippen LogP contribution in [0.4, 0.5) is 10.2 Å². The van der Waals surface area contributed by atoms with Gasteiger partial charge in [-0.05, 0) is 25.5 Å². The van der Waals surface area contributed by atoms with E-state index in [1.54, 1.807) is 6.92 Å². The van der Waals surface area contributed by atoms with E-state index in [0.29, 0.717) is 29.5 Å². The average Bonchev–Trinajstić information content (AvgIpc) is 2.38. The van der Waals surface area contributed by atoms with Crippen molar-refractivity contribution in [2.75, 3.05) is 11.9 Å². The first kappa shape index (κ1) is 13.7. The topological polar surface area (TPSA) is 37.8 Å². The summed E-state index contributed by atoms with van der Waals surface area (Å²) in [5.41, 5.74) is 1.27. The van der Waals surface area contributed by atoms with Crippen molar-refractivity contribution in [2.24, 2.45) is 0 Å². The highest BCUT2D eigenvalue weighted by molar-refractivity contribution is 6.31. The molecule has 0 aliphatic carbocycles. The fourth-order valence-electron chi connectivity index (χ4n) is 1.79. The lowest BCUT2D eigenvalue weighted by Gasteiger charge is -2.09. The van der Waals surface area contributed by atoms with Crippen LogP contribution in [0, 0.1) is 12.7 Å². The maximum absolute atomic E-state index is 13.8. The molecule has 0 saturated carbocycles. The van der Waals surface area contributed by atoms with Gasteiger partial charge in [0.25, 0.3) is 0 Å². The van der Waals surface area contributed by atoms with Crippen LogP contribution < -0.4 is 5.32 Å². The lowest BCUT2D eigenvalue weighted by Crippen LogP contribution is -2.09. The summed E-state index contributed by atoms with van der Waals surface area (Å²) < 4.78 is 13.8. The van der Waals surface area contributed by atoms with E-state index in [0.717, 1.165) is 5.56 Å². The number of aryl methyl sites for hydroxylation is 1. The minimum atomic E-state index is -0.398. The van der Waals surface area contributed by atoms with Crippen molar-refractivity contribution in [2.45, 2.75) is 20.3 Å². The second-order valence-electron chi connectivity index (χ2n) is 4.19. The van der Waals surface area contributed by atoms with Crippen LogP contribution in [0.5, 0.6) is 0 Å². The number of benzene rings is 1. The van der Waals surface area contributed by atoms with E-state index in [-0.39, 0.29) is 5.82 Å². The van der Waals surface area contributed by atoms with Crippen LogP contribution in [0.1, 0.15) is 24.0 Å². The van der Waals surface area contributed by atoms with Crippen molar-refractivity contribution in [1.82, 2.24) is 9.97 Å². The Labute approximate surface area is 116 Å². The molecule has 1 aromatic carbocycles. The molecule has 0 aliphatic heterocycles. The Morgan fingerprint density at radius 3 is 2.68 bits per heavy atom. The molecule has 0 atom stereocenters. The van der Waals surface area contributed by atoms with Crippen LogP contribution >= 0.6 is 11.6 Å². The smallest absolute Gasteiger partial charge is 0.186 e. The molecule has 0 unspecified atom stereocenters. The van der Waals surface area contributed by atoms with Crippen LogP contribution in [0.15, 0.2) is 24.3 Å². The predicted octanol–water partition coefficient (Wildman–Crippen LogP) is 3.60. The summed E-state index contributed by atoms with van der Waals surface area (Å²) in [5.74, 6) is 0.407. The molecule has 2 rings (SSSR count). The van der Waals surface area contributed by atoms with E-state index in [2.05, 4.69) is 15.3 Å². The molecule has 0 saturated heterocycles. The van der Waals surface area contributed by atoms with Crippen LogP contribution in [-0.4, -0.2) is 16.5 Å². The summed E-state index contributed by atoms with van der Waals surface area (Å²) in [6.45, 7) is 4.14. The van der Waals surface area contributed by atoms with E-state index in [9.17, 15) is 4.39 Å². The molecule has 1 heterocycles. The number of aromatic nitrogens is 2. The zero-order valence-corrected chi connectivity index (χ0v) is 11.6. The largest absolute Gasteiger partial charge is 0.368 e. The Kier molecular flexibility index (Phi) is 4.32. The molecule has 0 spiro atoms. The van der Waals surface area contributed by atoms with Crippen molar-refractivity contribution in [1.29, 1.82) is 0 Å². The maximum atomic E-state index is 13.8. The molecule has 1 N–H and O–H groups in total. The second kappa shape index (κ2) is 5.97. The van der Waals surface area contributed by atoms with Crippen LogP contribution in [-0.2, 0) is 6.42 Å². The van der Waals surface area contributed by atoms with Crippen LogP contribution in [0.2, 0.25) is 5.02 Å². The van der Waals surface area contributed by atoms with Crippen LogP contribution in [0.3, 0.4) is 0 Å². The summed E-state index contributed by atoms with van der Waals surface area (Å²) in [4.78, 5) is 8.37. The Hall–Kier alpha value is -1.68. The van der Waals surface area contributed by atoms with Gasteiger partial charge in [0.1, 0.15) is 5.82 Å². The third-order valence-electron chi connectivity index (χ3n) is 2.71. The molecule has 5 heteroatoms. The highest BCUT2D eigenvalue weighted by Crippen LogP contribution is 2.20. The van der Waals surface area contributed by atoms with E-state index in [1.165, 1.54) is 0 Å². The molecule has 0 aliphatic rings. The molecule has 2 aromatic rings. The Morgan fingerprint density at radius 2 is 2.00 bits per heavy atom. The van der Waals surface area contributed by atoms with Gasteiger partial charge in [-0.3, -0.25) is 0 Å². The molecule has 19 heavy (non-hydrogen) atoms. The number of hydrogen-bond donors (Lipinski definition) is 1. The summed E-state index contributed by atoms with van der Waals surface area (Å²) in [6, 6.07) is 7.51. The summed E-state index contributed by atoms with van der Waals surface area (Å²) in [6.07, 6.45) is 0.485. The standard InChI is InChI=1S/C14H15ClFN3/c1-3-17-14-13(16)9(2)18-12(19-14)8-10-6-4-5-7-11(10)15/h4-7H,3,8H2,1-2H3,(H,17,18,19). The molecule has 3 nitrogen and oxygen atoms in total. The Morgan fingerprint density at radius 1 is 1.26 bits per heavy atom. The monoisotopic (exact) mass is 279 g/mol. The van der Waals surface area contributed by atoms with Gasteiger partial charge < -0.3 is 5.32 Å². The predicted molar refractivity (Wildman–Crippen MR) is 75.1 cm³/mol.